The van der Waals surface area contributed by atoms with Crippen LogP contribution in [0.15, 0.2) is 12.1 Å². The molecule has 0 radical (unpaired) electrons. The number of hydrogen-bond donors (Lipinski definition) is 1. The number of hydrogen-bond acceptors (Lipinski definition) is 5. The van der Waals surface area contributed by atoms with Crippen LogP contribution in [0, 0.1) is 5.92 Å². The van der Waals surface area contributed by atoms with Crippen LogP contribution in [0.25, 0.3) is 0 Å². The van der Waals surface area contributed by atoms with E-state index in [9.17, 15) is 9.59 Å². The SMILES string of the molecule is CC(=O)N1CCN(c2ccc(NC(=O)C3CCC3)nn2)CC1. The summed E-state index contributed by atoms with van der Waals surface area (Å²) in [5.74, 6) is 1.58. The Labute approximate surface area is 129 Å². The van der Waals surface area contributed by atoms with Crippen molar-refractivity contribution in [1.82, 2.24) is 15.1 Å². The van der Waals surface area contributed by atoms with Crippen molar-refractivity contribution in [3.05, 3.63) is 12.1 Å². The van der Waals surface area contributed by atoms with Gasteiger partial charge in [-0.25, -0.2) is 0 Å². The highest BCUT2D eigenvalue weighted by atomic mass is 16.2. The fraction of sp³-hybridized carbons (Fsp3) is 0.600. The maximum absolute atomic E-state index is 11.9. The first-order chi connectivity index (χ1) is 10.6. The van der Waals surface area contributed by atoms with Crippen LogP contribution in [0.2, 0.25) is 0 Å². The van der Waals surface area contributed by atoms with Crippen molar-refractivity contribution in [3.8, 4) is 0 Å². The molecule has 1 saturated heterocycles. The molecule has 2 heterocycles. The number of piperazine rings is 1. The third-order valence-corrected chi connectivity index (χ3v) is 4.43. The molecule has 3 rings (SSSR count). The lowest BCUT2D eigenvalue weighted by Crippen LogP contribution is -2.48. The van der Waals surface area contributed by atoms with Gasteiger partial charge in [0.15, 0.2) is 11.6 Å². The zero-order valence-corrected chi connectivity index (χ0v) is 12.8. The second kappa shape index (κ2) is 6.29. The second-order valence-corrected chi connectivity index (χ2v) is 5.89. The molecule has 7 heteroatoms. The van der Waals surface area contributed by atoms with E-state index in [1.807, 2.05) is 11.0 Å². The number of rotatable bonds is 3. The summed E-state index contributed by atoms with van der Waals surface area (Å²) in [5.41, 5.74) is 0. The Hall–Kier alpha value is -2.18. The lowest BCUT2D eigenvalue weighted by atomic mass is 9.85. The van der Waals surface area contributed by atoms with Crippen molar-refractivity contribution in [2.75, 3.05) is 36.4 Å². The number of amides is 2. The monoisotopic (exact) mass is 303 g/mol. The van der Waals surface area contributed by atoms with Gasteiger partial charge in [0.1, 0.15) is 0 Å². The molecule has 22 heavy (non-hydrogen) atoms. The van der Waals surface area contributed by atoms with E-state index < -0.39 is 0 Å². The summed E-state index contributed by atoms with van der Waals surface area (Å²) in [6.45, 7) is 4.51. The maximum atomic E-state index is 11.9. The molecule has 0 aromatic carbocycles. The van der Waals surface area contributed by atoms with E-state index in [4.69, 9.17) is 0 Å². The predicted octanol–water partition coefficient (Wildman–Crippen LogP) is 0.884. The number of aromatic nitrogens is 2. The first-order valence-corrected chi connectivity index (χ1v) is 7.78. The van der Waals surface area contributed by atoms with E-state index in [0.29, 0.717) is 18.9 Å². The summed E-state index contributed by atoms with van der Waals surface area (Å²) >= 11 is 0. The van der Waals surface area contributed by atoms with Gasteiger partial charge in [-0.3, -0.25) is 9.59 Å². The highest BCUT2D eigenvalue weighted by molar-refractivity contribution is 5.92. The third kappa shape index (κ3) is 3.18. The zero-order chi connectivity index (χ0) is 15.5. The van der Waals surface area contributed by atoms with Gasteiger partial charge in [-0.1, -0.05) is 6.42 Å². The van der Waals surface area contributed by atoms with E-state index in [-0.39, 0.29) is 17.7 Å². The molecule has 2 aliphatic rings. The Kier molecular flexibility index (Phi) is 4.22. The molecule has 2 amide bonds. The Morgan fingerprint density at radius 2 is 1.86 bits per heavy atom. The van der Waals surface area contributed by atoms with Crippen LogP contribution >= 0.6 is 0 Å². The molecule has 0 bridgehead atoms. The van der Waals surface area contributed by atoms with Gasteiger partial charge in [0.25, 0.3) is 0 Å². The van der Waals surface area contributed by atoms with Gasteiger partial charge in [0.2, 0.25) is 11.8 Å². The molecule has 0 spiro atoms. The molecule has 0 unspecified atom stereocenters. The van der Waals surface area contributed by atoms with E-state index in [1.165, 1.54) is 0 Å². The van der Waals surface area contributed by atoms with Gasteiger partial charge in [-0.2, -0.15) is 0 Å². The van der Waals surface area contributed by atoms with E-state index >= 15 is 0 Å². The molecule has 1 N–H and O–H groups in total. The van der Waals surface area contributed by atoms with Gasteiger partial charge in [-0.15, -0.1) is 10.2 Å². The number of carbonyl (C=O) groups excluding carboxylic acids is 2. The third-order valence-electron chi connectivity index (χ3n) is 4.43. The van der Waals surface area contributed by atoms with Crippen LogP contribution in [-0.2, 0) is 9.59 Å². The molecule has 1 aliphatic heterocycles. The summed E-state index contributed by atoms with van der Waals surface area (Å²) in [6, 6.07) is 3.66. The van der Waals surface area contributed by atoms with E-state index in [2.05, 4.69) is 20.4 Å². The van der Waals surface area contributed by atoms with Crippen molar-refractivity contribution in [2.45, 2.75) is 26.2 Å². The Morgan fingerprint density at radius 3 is 2.36 bits per heavy atom. The summed E-state index contributed by atoms with van der Waals surface area (Å²) in [7, 11) is 0. The average molecular weight is 303 g/mol. The van der Waals surface area contributed by atoms with Crippen molar-refractivity contribution in [1.29, 1.82) is 0 Å². The highest BCUT2D eigenvalue weighted by Crippen LogP contribution is 2.27. The lowest BCUT2D eigenvalue weighted by molar-refractivity contribution is -0.129. The Bertz CT molecular complexity index is 548. The van der Waals surface area contributed by atoms with Crippen LogP contribution in [0.4, 0.5) is 11.6 Å². The van der Waals surface area contributed by atoms with Crippen LogP contribution in [0.5, 0.6) is 0 Å². The van der Waals surface area contributed by atoms with Crippen LogP contribution < -0.4 is 10.2 Å². The van der Waals surface area contributed by atoms with Crippen molar-refractivity contribution < 1.29 is 9.59 Å². The van der Waals surface area contributed by atoms with Crippen LogP contribution in [-0.4, -0.2) is 53.1 Å². The van der Waals surface area contributed by atoms with Gasteiger partial charge in [0.05, 0.1) is 0 Å². The van der Waals surface area contributed by atoms with Crippen molar-refractivity contribution >= 4 is 23.5 Å². The van der Waals surface area contributed by atoms with E-state index in [0.717, 1.165) is 38.2 Å². The van der Waals surface area contributed by atoms with E-state index in [1.54, 1.807) is 13.0 Å². The number of nitrogens with one attached hydrogen (secondary N) is 1. The first kappa shape index (κ1) is 14.7. The Balaban J connectivity index is 1.55. The van der Waals surface area contributed by atoms with Gasteiger partial charge in [0, 0.05) is 39.0 Å². The summed E-state index contributed by atoms with van der Waals surface area (Å²) < 4.78 is 0. The maximum Gasteiger partial charge on any atom is 0.228 e. The summed E-state index contributed by atoms with van der Waals surface area (Å²) in [4.78, 5) is 27.1. The smallest absolute Gasteiger partial charge is 0.228 e. The molecule has 0 atom stereocenters. The molecule has 7 nitrogen and oxygen atoms in total. The van der Waals surface area contributed by atoms with Gasteiger partial charge in [-0.05, 0) is 25.0 Å². The predicted molar refractivity (Wildman–Crippen MR) is 82.5 cm³/mol. The molecule has 118 valence electrons. The van der Waals surface area contributed by atoms with Gasteiger partial charge >= 0.3 is 0 Å². The average Bonchev–Trinajstić information content (AvgIpc) is 2.46. The first-order valence-electron chi connectivity index (χ1n) is 7.78. The van der Waals surface area contributed by atoms with Crippen LogP contribution in [0.3, 0.4) is 0 Å². The second-order valence-electron chi connectivity index (χ2n) is 5.89. The molecule has 1 aliphatic carbocycles. The van der Waals surface area contributed by atoms with Crippen molar-refractivity contribution in [2.24, 2.45) is 5.92 Å². The molecule has 2 fully saturated rings. The van der Waals surface area contributed by atoms with Crippen LogP contribution in [0.1, 0.15) is 26.2 Å². The Morgan fingerprint density at radius 1 is 1.14 bits per heavy atom. The minimum absolute atomic E-state index is 0.0448. The fourth-order valence-electron chi connectivity index (χ4n) is 2.71. The highest BCUT2D eigenvalue weighted by Gasteiger charge is 2.25. The fourth-order valence-corrected chi connectivity index (χ4v) is 2.71. The number of nitrogens with zero attached hydrogens (tertiary/aromatic N) is 4. The zero-order valence-electron chi connectivity index (χ0n) is 12.8. The minimum Gasteiger partial charge on any atom is -0.352 e. The minimum atomic E-state index is 0.0448. The molecular weight excluding hydrogens is 282 g/mol. The van der Waals surface area contributed by atoms with Crippen molar-refractivity contribution in [3.63, 3.8) is 0 Å². The van der Waals surface area contributed by atoms with Gasteiger partial charge < -0.3 is 15.1 Å². The number of anilines is 2. The molecule has 1 saturated carbocycles. The standard InChI is InChI=1S/C15H21N5O2/c1-11(21)19-7-9-20(10-8-19)14-6-5-13(17-18-14)16-15(22)12-3-2-4-12/h5-6,12H,2-4,7-10H2,1H3,(H,16,17,22). The summed E-state index contributed by atoms with van der Waals surface area (Å²) in [5, 5.41) is 11.1. The molecule has 1 aromatic heterocycles. The number of carbonyl (C=O) groups is 2. The topological polar surface area (TPSA) is 78.4 Å². The largest absolute Gasteiger partial charge is 0.352 e. The molecule has 1 aromatic rings. The molecular formula is C15H21N5O2. The summed E-state index contributed by atoms with van der Waals surface area (Å²) in [6.07, 6.45) is 3.07. The quantitative estimate of drug-likeness (QED) is 0.897. The normalized spacial score (nSPS) is 18.8. The lowest BCUT2D eigenvalue weighted by Gasteiger charge is -2.34.